The van der Waals surface area contributed by atoms with Crippen molar-refractivity contribution in [3.8, 4) is 0 Å². The summed E-state index contributed by atoms with van der Waals surface area (Å²) in [5.41, 5.74) is 1.22. The molecule has 0 aliphatic rings. The molecule has 2 N–H and O–H groups in total. The maximum atomic E-state index is 12.4. The van der Waals surface area contributed by atoms with E-state index in [2.05, 4.69) is 10.7 Å². The Balaban J connectivity index is 4.24. The van der Waals surface area contributed by atoms with E-state index in [-0.39, 0.29) is 0 Å². The highest BCUT2D eigenvalue weighted by atomic mass is 19.3. The molecule has 0 saturated heterocycles. The monoisotopic (exact) mass is 157 g/mol. The lowest BCUT2D eigenvalue weighted by Crippen LogP contribution is -2.45. The van der Waals surface area contributed by atoms with E-state index in [0.717, 1.165) is 0 Å². The SMILES string of the molecule is CC(F)(C(=O)OF)C(N)F. The van der Waals surface area contributed by atoms with Gasteiger partial charge >= 0.3 is 5.97 Å². The fourth-order valence-corrected chi connectivity index (χ4v) is 0.188. The van der Waals surface area contributed by atoms with Crippen molar-refractivity contribution in [2.24, 2.45) is 5.73 Å². The van der Waals surface area contributed by atoms with Crippen LogP contribution in [0.15, 0.2) is 0 Å². The molecule has 0 aliphatic heterocycles. The van der Waals surface area contributed by atoms with Crippen molar-refractivity contribution in [2.45, 2.75) is 18.9 Å². The topological polar surface area (TPSA) is 52.3 Å². The zero-order valence-corrected chi connectivity index (χ0v) is 5.11. The van der Waals surface area contributed by atoms with Gasteiger partial charge in [-0.2, -0.15) is 0 Å². The summed E-state index contributed by atoms with van der Waals surface area (Å²) in [7, 11) is 0. The molecule has 60 valence electrons. The largest absolute Gasteiger partial charge is 0.389 e. The predicted octanol–water partition coefficient (Wildman–Crippen LogP) is 0.397. The highest BCUT2D eigenvalue weighted by molar-refractivity contribution is 5.78. The number of carbonyl (C=O) groups excluding carboxylic acids is 1. The standard InChI is InChI=1S/C4H6F3NO2/c1-4(6,2(5)8)3(9)10-7/h2H,8H2,1H3. The fraction of sp³-hybridized carbons (Fsp3) is 0.750. The van der Waals surface area contributed by atoms with E-state index in [0.29, 0.717) is 6.92 Å². The second-order valence-corrected chi connectivity index (χ2v) is 1.84. The number of carbonyl (C=O) groups is 1. The van der Waals surface area contributed by atoms with Crippen molar-refractivity contribution in [3.63, 3.8) is 0 Å². The van der Waals surface area contributed by atoms with Gasteiger partial charge < -0.3 is 0 Å². The summed E-state index contributed by atoms with van der Waals surface area (Å²) in [4.78, 5) is 12.4. The van der Waals surface area contributed by atoms with Crippen molar-refractivity contribution in [1.82, 2.24) is 0 Å². The van der Waals surface area contributed by atoms with E-state index in [1.807, 2.05) is 0 Å². The minimum atomic E-state index is -3.12. The molecule has 0 aromatic carbocycles. The number of hydrogen-bond acceptors (Lipinski definition) is 3. The Labute approximate surface area is 54.8 Å². The van der Waals surface area contributed by atoms with Crippen LogP contribution in [0.2, 0.25) is 0 Å². The Morgan fingerprint density at radius 2 is 2.20 bits per heavy atom. The van der Waals surface area contributed by atoms with Gasteiger partial charge in [-0.25, -0.2) is 13.6 Å². The number of hydrogen-bond donors (Lipinski definition) is 1. The van der Waals surface area contributed by atoms with Gasteiger partial charge in [0.1, 0.15) is 0 Å². The van der Waals surface area contributed by atoms with Crippen molar-refractivity contribution in [3.05, 3.63) is 0 Å². The van der Waals surface area contributed by atoms with Crippen LogP contribution in [0.25, 0.3) is 0 Å². The van der Waals surface area contributed by atoms with Crippen LogP contribution in [0.1, 0.15) is 6.92 Å². The van der Waals surface area contributed by atoms with Gasteiger partial charge in [-0.1, -0.05) is 0 Å². The summed E-state index contributed by atoms with van der Waals surface area (Å²) in [6, 6.07) is 0. The van der Waals surface area contributed by atoms with Gasteiger partial charge in [0.15, 0.2) is 6.30 Å². The fourth-order valence-electron chi connectivity index (χ4n) is 0.188. The summed E-state index contributed by atoms with van der Waals surface area (Å²) in [5, 5.41) is 0. The Morgan fingerprint density at radius 1 is 1.80 bits per heavy atom. The van der Waals surface area contributed by atoms with Crippen LogP contribution >= 0.6 is 0 Å². The maximum Gasteiger partial charge on any atom is 0.389 e. The highest BCUT2D eigenvalue weighted by Crippen LogP contribution is 2.17. The summed E-state index contributed by atoms with van der Waals surface area (Å²) < 4.78 is 35.2. The third-order valence-corrected chi connectivity index (χ3v) is 0.987. The van der Waals surface area contributed by atoms with E-state index >= 15 is 0 Å². The van der Waals surface area contributed by atoms with Gasteiger partial charge in [0.25, 0.3) is 5.67 Å². The van der Waals surface area contributed by atoms with Gasteiger partial charge in [0.05, 0.1) is 0 Å². The molecule has 0 aromatic heterocycles. The van der Waals surface area contributed by atoms with E-state index < -0.39 is 17.9 Å². The van der Waals surface area contributed by atoms with Gasteiger partial charge in [-0.05, 0) is 6.92 Å². The zero-order chi connectivity index (χ0) is 8.36. The Hall–Kier alpha value is -0.780. The third kappa shape index (κ3) is 1.60. The van der Waals surface area contributed by atoms with Crippen LogP contribution in [0.4, 0.5) is 13.3 Å². The second kappa shape index (κ2) is 2.87. The lowest BCUT2D eigenvalue weighted by Gasteiger charge is -2.15. The van der Waals surface area contributed by atoms with Gasteiger partial charge in [0, 0.05) is 4.53 Å². The van der Waals surface area contributed by atoms with Crippen molar-refractivity contribution in [1.29, 1.82) is 0 Å². The van der Waals surface area contributed by atoms with Crippen molar-refractivity contribution in [2.75, 3.05) is 0 Å². The molecule has 0 bridgehead atoms. The number of nitrogens with two attached hydrogens (primary N) is 1. The maximum absolute atomic E-state index is 12.4. The molecule has 0 amide bonds. The molecule has 0 saturated carbocycles. The van der Waals surface area contributed by atoms with Crippen molar-refractivity contribution < 1.29 is 23.0 Å². The quantitative estimate of drug-likeness (QED) is 0.590. The molecule has 6 heteroatoms. The molecule has 10 heavy (non-hydrogen) atoms. The Morgan fingerprint density at radius 3 is 2.30 bits per heavy atom. The molecule has 0 radical (unpaired) electrons. The third-order valence-electron chi connectivity index (χ3n) is 0.987. The normalized spacial score (nSPS) is 19.3. The van der Waals surface area contributed by atoms with E-state index in [9.17, 15) is 18.1 Å². The highest BCUT2D eigenvalue weighted by Gasteiger charge is 2.43. The van der Waals surface area contributed by atoms with Crippen LogP contribution in [-0.4, -0.2) is 17.9 Å². The summed E-state index contributed by atoms with van der Waals surface area (Å²) in [6.45, 7) is 0.486. The van der Waals surface area contributed by atoms with Crippen molar-refractivity contribution >= 4 is 5.97 Å². The summed E-state index contributed by atoms with van der Waals surface area (Å²) in [5.74, 6) is -1.97. The van der Waals surface area contributed by atoms with Crippen LogP contribution in [0, 0.1) is 0 Å². The van der Waals surface area contributed by atoms with Crippen LogP contribution in [-0.2, 0) is 9.74 Å². The van der Waals surface area contributed by atoms with Crippen LogP contribution < -0.4 is 5.73 Å². The first-order valence-electron chi connectivity index (χ1n) is 2.34. The lowest BCUT2D eigenvalue weighted by atomic mass is 10.1. The van der Waals surface area contributed by atoms with Crippen LogP contribution in [0.3, 0.4) is 0 Å². The molecule has 2 atom stereocenters. The average molecular weight is 157 g/mol. The number of rotatable bonds is 2. The molecule has 3 nitrogen and oxygen atoms in total. The first kappa shape index (κ1) is 9.22. The molecule has 0 aliphatic carbocycles. The summed E-state index contributed by atoms with van der Waals surface area (Å²) >= 11 is 0. The average Bonchev–Trinajstić information content (AvgIpc) is 1.86. The van der Waals surface area contributed by atoms with E-state index in [1.165, 1.54) is 0 Å². The molecule has 0 aromatic rings. The second-order valence-electron chi connectivity index (χ2n) is 1.84. The van der Waals surface area contributed by atoms with Gasteiger partial charge in [0.2, 0.25) is 0 Å². The molecular weight excluding hydrogens is 151 g/mol. The summed E-state index contributed by atoms with van der Waals surface area (Å²) in [6.07, 6.45) is -2.59. The minimum absolute atomic E-state index is 0.486. The van der Waals surface area contributed by atoms with Crippen LogP contribution in [0.5, 0.6) is 0 Å². The number of alkyl halides is 2. The molecule has 0 spiro atoms. The van der Waals surface area contributed by atoms with E-state index in [1.54, 1.807) is 0 Å². The molecule has 0 rings (SSSR count). The Bertz CT molecular complexity index is 136. The molecule has 0 fully saturated rings. The minimum Gasteiger partial charge on any atom is -0.298 e. The lowest BCUT2D eigenvalue weighted by molar-refractivity contribution is -0.201. The molecular formula is C4H6F3NO2. The van der Waals surface area contributed by atoms with Gasteiger partial charge in [-0.15, -0.1) is 0 Å². The van der Waals surface area contributed by atoms with E-state index in [4.69, 9.17) is 0 Å². The number of halogens is 3. The first-order chi connectivity index (χ1) is 4.42. The first-order valence-corrected chi connectivity index (χ1v) is 2.34. The molecule has 2 unspecified atom stereocenters. The smallest absolute Gasteiger partial charge is 0.298 e. The Kier molecular flexibility index (Phi) is 2.65. The zero-order valence-electron chi connectivity index (χ0n) is 5.11. The van der Waals surface area contributed by atoms with Gasteiger partial charge in [-0.3, -0.25) is 10.7 Å². The molecule has 0 heterocycles. The predicted molar refractivity (Wildman–Crippen MR) is 25.8 cm³/mol.